The molecule has 0 saturated carbocycles. The molecule has 18 heavy (non-hydrogen) atoms. The summed E-state index contributed by atoms with van der Waals surface area (Å²) in [4.78, 5) is 4.70. The lowest BCUT2D eigenvalue weighted by molar-refractivity contribution is 0.318. The summed E-state index contributed by atoms with van der Waals surface area (Å²) in [6, 6.07) is 8.21. The Bertz CT molecular complexity index is 424. The van der Waals surface area contributed by atoms with E-state index in [-0.39, 0.29) is 0 Å². The van der Waals surface area contributed by atoms with Gasteiger partial charge in [0.15, 0.2) is 5.17 Å². The molecule has 0 unspecified atom stereocenters. The number of halogens is 1. The van der Waals surface area contributed by atoms with Crippen molar-refractivity contribution in [1.29, 1.82) is 0 Å². The molecule has 0 aliphatic carbocycles. The van der Waals surface area contributed by atoms with Gasteiger partial charge in [-0.2, -0.15) is 0 Å². The highest BCUT2D eigenvalue weighted by Gasteiger charge is 2.30. The van der Waals surface area contributed by atoms with E-state index in [0.717, 1.165) is 21.9 Å². The lowest BCUT2D eigenvalue weighted by atomic mass is 9.84. The fourth-order valence-electron chi connectivity index (χ4n) is 1.96. The summed E-state index contributed by atoms with van der Waals surface area (Å²) in [6.07, 6.45) is 2.43. The lowest BCUT2D eigenvalue weighted by Crippen LogP contribution is -2.32. The standard InChI is InChI=1S/C14H19BrN2S/c1-3-14(4-2)9-16-13(18-10-14)17-12-7-5-11(15)6-8-12/h5-8H,3-4,9-10H2,1-2H3,(H,16,17). The van der Waals surface area contributed by atoms with E-state index in [1.54, 1.807) is 0 Å². The molecule has 1 heterocycles. The molecule has 0 spiro atoms. The number of nitrogens with zero attached hydrogens (tertiary/aromatic N) is 1. The Labute approximate surface area is 122 Å². The molecule has 2 rings (SSSR count). The molecule has 0 bridgehead atoms. The number of hydrogen-bond acceptors (Lipinski definition) is 3. The van der Waals surface area contributed by atoms with Crippen LogP contribution in [0, 0.1) is 5.41 Å². The minimum atomic E-state index is 0.412. The Morgan fingerprint density at radius 2 is 1.94 bits per heavy atom. The Morgan fingerprint density at radius 1 is 1.28 bits per heavy atom. The molecular formula is C14H19BrN2S. The van der Waals surface area contributed by atoms with E-state index in [4.69, 9.17) is 4.99 Å². The Balaban J connectivity index is 2.00. The van der Waals surface area contributed by atoms with Crippen molar-refractivity contribution in [3.05, 3.63) is 28.7 Å². The minimum Gasteiger partial charge on any atom is -0.335 e. The SMILES string of the molecule is CCC1(CC)CN=C(Nc2ccc(Br)cc2)SC1. The van der Waals surface area contributed by atoms with Crippen LogP contribution in [0.3, 0.4) is 0 Å². The number of nitrogens with one attached hydrogen (secondary N) is 1. The van der Waals surface area contributed by atoms with E-state index in [0.29, 0.717) is 5.41 Å². The van der Waals surface area contributed by atoms with Crippen LogP contribution in [0.15, 0.2) is 33.7 Å². The number of benzene rings is 1. The van der Waals surface area contributed by atoms with Crippen molar-refractivity contribution in [2.75, 3.05) is 17.6 Å². The van der Waals surface area contributed by atoms with Crippen LogP contribution in [-0.2, 0) is 0 Å². The van der Waals surface area contributed by atoms with E-state index in [1.807, 2.05) is 23.9 Å². The molecule has 0 atom stereocenters. The van der Waals surface area contributed by atoms with Gasteiger partial charge in [-0.3, -0.25) is 4.99 Å². The van der Waals surface area contributed by atoms with Crippen molar-refractivity contribution in [2.24, 2.45) is 10.4 Å². The highest BCUT2D eigenvalue weighted by atomic mass is 79.9. The van der Waals surface area contributed by atoms with Gasteiger partial charge in [0.05, 0.1) is 0 Å². The second-order valence-corrected chi connectivity index (χ2v) is 6.63. The fraction of sp³-hybridized carbons (Fsp3) is 0.500. The van der Waals surface area contributed by atoms with Crippen molar-refractivity contribution in [3.63, 3.8) is 0 Å². The predicted molar refractivity (Wildman–Crippen MR) is 85.5 cm³/mol. The van der Waals surface area contributed by atoms with Crippen LogP contribution in [0.1, 0.15) is 26.7 Å². The largest absolute Gasteiger partial charge is 0.335 e. The number of amidine groups is 1. The van der Waals surface area contributed by atoms with E-state index >= 15 is 0 Å². The monoisotopic (exact) mass is 326 g/mol. The van der Waals surface area contributed by atoms with Gasteiger partial charge < -0.3 is 5.32 Å². The van der Waals surface area contributed by atoms with Crippen LogP contribution in [0.4, 0.5) is 5.69 Å². The van der Waals surface area contributed by atoms with E-state index in [1.165, 1.54) is 18.6 Å². The first-order chi connectivity index (χ1) is 8.67. The van der Waals surface area contributed by atoms with Crippen LogP contribution >= 0.6 is 27.7 Å². The second kappa shape index (κ2) is 6.11. The summed E-state index contributed by atoms with van der Waals surface area (Å²) in [6.45, 7) is 5.49. The summed E-state index contributed by atoms with van der Waals surface area (Å²) in [5.74, 6) is 1.17. The van der Waals surface area contributed by atoms with Crippen LogP contribution in [0.2, 0.25) is 0 Å². The van der Waals surface area contributed by atoms with E-state index in [9.17, 15) is 0 Å². The first kappa shape index (κ1) is 13.9. The van der Waals surface area contributed by atoms with Crippen LogP contribution in [0.25, 0.3) is 0 Å². The summed E-state index contributed by atoms with van der Waals surface area (Å²) >= 11 is 5.29. The molecule has 4 heteroatoms. The minimum absolute atomic E-state index is 0.412. The zero-order valence-electron chi connectivity index (χ0n) is 10.9. The van der Waals surface area contributed by atoms with E-state index < -0.39 is 0 Å². The average Bonchev–Trinajstić information content (AvgIpc) is 2.43. The van der Waals surface area contributed by atoms with Crippen molar-refractivity contribution in [1.82, 2.24) is 0 Å². The molecule has 0 aromatic heterocycles. The average molecular weight is 327 g/mol. The number of rotatable bonds is 3. The van der Waals surface area contributed by atoms with Gasteiger partial charge in [0.25, 0.3) is 0 Å². The van der Waals surface area contributed by atoms with Crippen molar-refractivity contribution >= 4 is 38.5 Å². The van der Waals surface area contributed by atoms with Gasteiger partial charge in [-0.25, -0.2) is 0 Å². The quantitative estimate of drug-likeness (QED) is 0.865. The van der Waals surface area contributed by atoms with Gasteiger partial charge in [0.2, 0.25) is 0 Å². The summed E-state index contributed by atoms with van der Waals surface area (Å²) in [5, 5.41) is 4.44. The first-order valence-corrected chi connectivity index (χ1v) is 8.15. The zero-order chi connectivity index (χ0) is 13.0. The molecule has 1 N–H and O–H groups in total. The number of aliphatic imine (C=N–C) groups is 1. The smallest absolute Gasteiger partial charge is 0.161 e. The van der Waals surface area contributed by atoms with Gasteiger partial charge in [-0.1, -0.05) is 41.5 Å². The van der Waals surface area contributed by atoms with Gasteiger partial charge >= 0.3 is 0 Å². The molecule has 1 aliphatic rings. The molecule has 1 aliphatic heterocycles. The van der Waals surface area contributed by atoms with Gasteiger partial charge in [-0.15, -0.1) is 0 Å². The second-order valence-electron chi connectivity index (χ2n) is 4.75. The molecule has 0 radical (unpaired) electrons. The Kier molecular flexibility index (Phi) is 4.73. The predicted octanol–water partition coefficient (Wildman–Crippen LogP) is 4.77. The maximum Gasteiger partial charge on any atom is 0.161 e. The zero-order valence-corrected chi connectivity index (χ0v) is 13.3. The molecule has 0 amide bonds. The Morgan fingerprint density at radius 3 is 2.44 bits per heavy atom. The molecule has 1 aromatic carbocycles. The molecule has 2 nitrogen and oxygen atoms in total. The summed E-state index contributed by atoms with van der Waals surface area (Å²) in [5.41, 5.74) is 1.51. The highest BCUT2D eigenvalue weighted by Crippen LogP contribution is 2.35. The van der Waals surface area contributed by atoms with Gasteiger partial charge in [0.1, 0.15) is 0 Å². The summed E-state index contributed by atoms with van der Waals surface area (Å²) < 4.78 is 1.10. The topological polar surface area (TPSA) is 24.4 Å². The highest BCUT2D eigenvalue weighted by molar-refractivity contribution is 9.10. The number of thioether (sulfide) groups is 1. The Hall–Kier alpha value is -0.480. The van der Waals surface area contributed by atoms with Gasteiger partial charge in [0, 0.05) is 22.5 Å². The number of anilines is 1. The van der Waals surface area contributed by atoms with Crippen molar-refractivity contribution in [2.45, 2.75) is 26.7 Å². The summed E-state index contributed by atoms with van der Waals surface area (Å²) in [7, 11) is 0. The van der Waals surface area contributed by atoms with Crippen LogP contribution < -0.4 is 5.32 Å². The maximum atomic E-state index is 4.70. The third-order valence-electron chi connectivity index (χ3n) is 3.67. The van der Waals surface area contributed by atoms with Crippen LogP contribution in [-0.4, -0.2) is 17.5 Å². The lowest BCUT2D eigenvalue weighted by Gasteiger charge is -2.33. The molecule has 98 valence electrons. The van der Waals surface area contributed by atoms with Gasteiger partial charge in [-0.05, 0) is 42.5 Å². The van der Waals surface area contributed by atoms with Crippen molar-refractivity contribution < 1.29 is 0 Å². The normalized spacial score (nSPS) is 18.3. The molecule has 0 saturated heterocycles. The third-order valence-corrected chi connectivity index (χ3v) is 5.46. The fourth-order valence-corrected chi connectivity index (χ4v) is 3.51. The van der Waals surface area contributed by atoms with Crippen molar-refractivity contribution in [3.8, 4) is 0 Å². The molecule has 1 aromatic rings. The maximum absolute atomic E-state index is 4.70. The third kappa shape index (κ3) is 3.29. The number of hydrogen-bond donors (Lipinski definition) is 1. The van der Waals surface area contributed by atoms with Crippen LogP contribution in [0.5, 0.6) is 0 Å². The molecular weight excluding hydrogens is 308 g/mol. The van der Waals surface area contributed by atoms with E-state index in [2.05, 4.69) is 47.2 Å². The first-order valence-electron chi connectivity index (χ1n) is 6.37. The molecule has 0 fully saturated rings.